The van der Waals surface area contributed by atoms with Crippen molar-refractivity contribution in [1.82, 2.24) is 0 Å². The number of benzene rings is 3. The number of non-ortho nitro benzene ring substituents is 1. The van der Waals surface area contributed by atoms with E-state index in [4.69, 9.17) is 13.7 Å². The lowest BCUT2D eigenvalue weighted by molar-refractivity contribution is -0.393. The van der Waals surface area contributed by atoms with E-state index < -0.39 is 31.3 Å². The van der Waals surface area contributed by atoms with Crippen LogP contribution >= 0.6 is 0 Å². The minimum absolute atomic E-state index is 0.0608. The molecule has 14 heteroatoms. The molecule has 13 nitrogen and oxygen atoms in total. The standard InChI is InChI=1S/C21H18N4O9S/c1-32-16-5-7-17(8-6-16)35(30,31)34-20-10-3-14(11-21(20)33-2)13-22-23-18-9-4-15(24(26)27)12-19(18)25(28)29/h3-13,23H,1-2H3/b22-13-. The van der Waals surface area contributed by atoms with Crippen LogP contribution in [0.25, 0.3) is 0 Å². The summed E-state index contributed by atoms with van der Waals surface area (Å²) in [6.45, 7) is 0. The average Bonchev–Trinajstić information content (AvgIpc) is 2.84. The monoisotopic (exact) mass is 502 g/mol. The van der Waals surface area contributed by atoms with Crippen molar-refractivity contribution in [2.75, 3.05) is 19.6 Å². The van der Waals surface area contributed by atoms with Crippen molar-refractivity contribution in [3.8, 4) is 17.2 Å². The van der Waals surface area contributed by atoms with Crippen LogP contribution in [0, 0.1) is 20.2 Å². The van der Waals surface area contributed by atoms with Crippen LogP contribution in [-0.2, 0) is 10.1 Å². The molecule has 0 heterocycles. The number of nitrogens with zero attached hydrogens (tertiary/aromatic N) is 3. The summed E-state index contributed by atoms with van der Waals surface area (Å²) < 4.78 is 40.6. The Bertz CT molecular complexity index is 1390. The van der Waals surface area contributed by atoms with E-state index in [9.17, 15) is 28.6 Å². The van der Waals surface area contributed by atoms with Crippen LogP contribution in [0.4, 0.5) is 17.1 Å². The third-order valence-corrected chi connectivity index (χ3v) is 5.77. The number of nitro benzene ring substituents is 2. The van der Waals surface area contributed by atoms with Crippen LogP contribution in [0.1, 0.15) is 5.56 Å². The molecule has 0 saturated heterocycles. The van der Waals surface area contributed by atoms with Gasteiger partial charge < -0.3 is 13.7 Å². The summed E-state index contributed by atoms with van der Waals surface area (Å²) in [4.78, 5) is 20.4. The second kappa shape index (κ2) is 10.5. The molecule has 0 unspecified atom stereocenters. The summed E-state index contributed by atoms with van der Waals surface area (Å²) in [5.74, 6) is 0.504. The number of rotatable bonds is 10. The van der Waals surface area contributed by atoms with Crippen LogP contribution in [0.5, 0.6) is 17.2 Å². The molecule has 3 aromatic carbocycles. The van der Waals surface area contributed by atoms with Gasteiger partial charge in [0, 0.05) is 6.07 Å². The Morgan fingerprint density at radius 2 is 1.60 bits per heavy atom. The molecule has 0 saturated carbocycles. The Morgan fingerprint density at radius 1 is 0.886 bits per heavy atom. The van der Waals surface area contributed by atoms with Gasteiger partial charge in [-0.3, -0.25) is 25.7 Å². The zero-order valence-corrected chi connectivity index (χ0v) is 19.1. The van der Waals surface area contributed by atoms with Gasteiger partial charge in [-0.25, -0.2) is 0 Å². The van der Waals surface area contributed by atoms with Crippen LogP contribution in [0.15, 0.2) is 70.7 Å². The van der Waals surface area contributed by atoms with Crippen LogP contribution in [0.2, 0.25) is 0 Å². The van der Waals surface area contributed by atoms with Gasteiger partial charge in [0.1, 0.15) is 16.3 Å². The molecule has 0 amide bonds. The van der Waals surface area contributed by atoms with Crippen molar-refractivity contribution < 1.29 is 31.9 Å². The second-order valence-corrected chi connectivity index (χ2v) is 8.26. The molecule has 35 heavy (non-hydrogen) atoms. The fourth-order valence-electron chi connectivity index (χ4n) is 2.80. The zero-order valence-electron chi connectivity index (χ0n) is 18.3. The molecule has 1 N–H and O–H groups in total. The highest BCUT2D eigenvalue weighted by Gasteiger charge is 2.20. The van der Waals surface area contributed by atoms with Crippen molar-refractivity contribution in [2.24, 2.45) is 5.10 Å². The molecule has 182 valence electrons. The van der Waals surface area contributed by atoms with Gasteiger partial charge in [-0.05, 0) is 54.1 Å². The summed E-state index contributed by atoms with van der Waals surface area (Å²) in [5, 5.41) is 25.9. The van der Waals surface area contributed by atoms with E-state index in [-0.39, 0.29) is 22.1 Å². The predicted octanol–water partition coefficient (Wildman–Crippen LogP) is 3.73. The quantitative estimate of drug-likeness (QED) is 0.186. The highest BCUT2D eigenvalue weighted by atomic mass is 32.2. The average molecular weight is 502 g/mol. The molecule has 0 spiro atoms. The first-order valence-electron chi connectivity index (χ1n) is 9.63. The van der Waals surface area contributed by atoms with Gasteiger partial charge in [0.15, 0.2) is 11.5 Å². The number of nitrogens with one attached hydrogen (secondary N) is 1. The van der Waals surface area contributed by atoms with E-state index in [0.29, 0.717) is 11.3 Å². The van der Waals surface area contributed by atoms with Gasteiger partial charge in [-0.1, -0.05) is 0 Å². The van der Waals surface area contributed by atoms with Crippen molar-refractivity contribution in [3.63, 3.8) is 0 Å². The van der Waals surface area contributed by atoms with E-state index >= 15 is 0 Å². The minimum Gasteiger partial charge on any atom is -0.497 e. The zero-order chi connectivity index (χ0) is 25.6. The number of hydrogen-bond acceptors (Lipinski definition) is 11. The number of hydrogen-bond donors (Lipinski definition) is 1. The molecule has 0 aliphatic rings. The number of methoxy groups -OCH3 is 2. The molecule has 0 aliphatic heterocycles. The van der Waals surface area contributed by atoms with Crippen molar-refractivity contribution >= 4 is 33.4 Å². The lowest BCUT2D eigenvalue weighted by Gasteiger charge is -2.11. The maximum atomic E-state index is 12.6. The molecule has 0 radical (unpaired) electrons. The molecular weight excluding hydrogens is 484 g/mol. The first-order valence-corrected chi connectivity index (χ1v) is 11.0. The molecule has 0 atom stereocenters. The van der Waals surface area contributed by atoms with Gasteiger partial charge in [-0.15, -0.1) is 0 Å². The highest BCUT2D eigenvalue weighted by Crippen LogP contribution is 2.31. The summed E-state index contributed by atoms with van der Waals surface area (Å²) in [6.07, 6.45) is 1.29. The smallest absolute Gasteiger partial charge is 0.339 e. The van der Waals surface area contributed by atoms with Crippen LogP contribution in [0.3, 0.4) is 0 Å². The summed E-state index contributed by atoms with van der Waals surface area (Å²) in [6, 6.07) is 13.0. The van der Waals surface area contributed by atoms with Crippen LogP contribution in [-0.4, -0.2) is 38.7 Å². The molecule has 0 bridgehead atoms. The van der Waals surface area contributed by atoms with Gasteiger partial charge in [-0.2, -0.15) is 13.5 Å². The number of nitro groups is 2. The molecule has 3 rings (SSSR count). The van der Waals surface area contributed by atoms with Gasteiger partial charge in [0.05, 0.1) is 36.3 Å². The normalized spacial score (nSPS) is 11.1. The molecule has 0 aromatic heterocycles. The Hall–Kier alpha value is -4.72. The highest BCUT2D eigenvalue weighted by molar-refractivity contribution is 7.87. The second-order valence-electron chi connectivity index (χ2n) is 6.71. The third-order valence-electron chi connectivity index (χ3n) is 4.52. The third kappa shape index (κ3) is 6.00. The Kier molecular flexibility index (Phi) is 7.46. The maximum Gasteiger partial charge on any atom is 0.339 e. The lowest BCUT2D eigenvalue weighted by Crippen LogP contribution is -2.10. The summed E-state index contributed by atoms with van der Waals surface area (Å²) in [5.41, 5.74) is 1.87. The van der Waals surface area contributed by atoms with Crippen molar-refractivity contribution in [2.45, 2.75) is 4.90 Å². The van der Waals surface area contributed by atoms with Gasteiger partial charge >= 0.3 is 15.8 Å². The van der Waals surface area contributed by atoms with E-state index in [1.807, 2.05) is 0 Å². The van der Waals surface area contributed by atoms with Crippen molar-refractivity contribution in [3.05, 3.63) is 86.5 Å². The largest absolute Gasteiger partial charge is 0.497 e. The van der Waals surface area contributed by atoms with Crippen LogP contribution < -0.4 is 19.1 Å². The Balaban J connectivity index is 1.78. The summed E-state index contributed by atoms with van der Waals surface area (Å²) in [7, 11) is -1.37. The predicted molar refractivity (Wildman–Crippen MR) is 125 cm³/mol. The molecular formula is C21H18N4O9S. The fourth-order valence-corrected chi connectivity index (χ4v) is 3.74. The lowest BCUT2D eigenvalue weighted by atomic mass is 10.2. The summed E-state index contributed by atoms with van der Waals surface area (Å²) >= 11 is 0. The van der Waals surface area contributed by atoms with Crippen molar-refractivity contribution in [1.29, 1.82) is 0 Å². The Labute approximate surface area is 199 Å². The number of hydrazone groups is 1. The number of anilines is 1. The SMILES string of the molecule is COc1ccc(S(=O)(=O)Oc2ccc(/C=N\Nc3ccc([N+](=O)[O-])cc3[N+](=O)[O-])cc2OC)cc1. The first kappa shape index (κ1) is 24.9. The van der Waals surface area contributed by atoms with E-state index in [2.05, 4.69) is 10.5 Å². The Morgan fingerprint density at radius 3 is 2.20 bits per heavy atom. The molecule has 0 aliphatic carbocycles. The topological polar surface area (TPSA) is 173 Å². The number of ether oxygens (including phenoxy) is 2. The fraction of sp³-hybridized carbons (Fsp3) is 0.0952. The molecule has 3 aromatic rings. The molecule has 0 fully saturated rings. The maximum absolute atomic E-state index is 12.6. The van der Waals surface area contributed by atoms with E-state index in [1.165, 1.54) is 62.9 Å². The van der Waals surface area contributed by atoms with Gasteiger partial charge in [0.25, 0.3) is 5.69 Å². The van der Waals surface area contributed by atoms with Gasteiger partial charge in [0.2, 0.25) is 0 Å². The first-order chi connectivity index (χ1) is 16.6. The van der Waals surface area contributed by atoms with E-state index in [1.54, 1.807) is 0 Å². The minimum atomic E-state index is -4.15. The van der Waals surface area contributed by atoms with E-state index in [0.717, 1.165) is 18.2 Å².